The SMILES string of the molecule is COC(=O)c1cc(C=CN2CCCC2C(=O)OC)cc(C(=O)OC)n1. The highest BCUT2D eigenvalue weighted by Crippen LogP contribution is 2.20. The molecule has 1 aromatic rings. The molecule has 0 bridgehead atoms. The van der Waals surface area contributed by atoms with E-state index in [4.69, 9.17) is 4.74 Å². The van der Waals surface area contributed by atoms with Gasteiger partial charge < -0.3 is 19.1 Å². The standard InChI is InChI=1S/C17H20N2O6/c1-23-15(20)12-9-11(10-13(18-12)16(21)24-2)6-8-19-7-4-5-14(19)17(22)25-3/h6,8-10,14H,4-5,7H2,1-3H3. The highest BCUT2D eigenvalue weighted by Gasteiger charge is 2.29. The number of hydrogen-bond donors (Lipinski definition) is 0. The Morgan fingerprint density at radius 3 is 2.20 bits per heavy atom. The van der Waals surface area contributed by atoms with Crippen LogP contribution in [0.5, 0.6) is 0 Å². The maximum Gasteiger partial charge on any atom is 0.356 e. The highest BCUT2D eigenvalue weighted by molar-refractivity contribution is 5.92. The van der Waals surface area contributed by atoms with Gasteiger partial charge in [-0.1, -0.05) is 0 Å². The minimum atomic E-state index is -0.658. The maximum absolute atomic E-state index is 11.8. The van der Waals surface area contributed by atoms with Gasteiger partial charge in [0.25, 0.3) is 0 Å². The van der Waals surface area contributed by atoms with E-state index in [1.807, 2.05) is 4.90 Å². The van der Waals surface area contributed by atoms with E-state index in [0.29, 0.717) is 12.0 Å². The molecule has 0 N–H and O–H groups in total. The van der Waals surface area contributed by atoms with E-state index in [1.54, 1.807) is 12.3 Å². The molecule has 8 nitrogen and oxygen atoms in total. The Kier molecular flexibility index (Phi) is 6.10. The molecular weight excluding hydrogens is 328 g/mol. The summed E-state index contributed by atoms with van der Waals surface area (Å²) in [6, 6.07) is 2.67. The Labute approximate surface area is 145 Å². The van der Waals surface area contributed by atoms with Crippen LogP contribution in [0.15, 0.2) is 18.3 Å². The number of pyridine rings is 1. The lowest BCUT2D eigenvalue weighted by Crippen LogP contribution is -2.32. The zero-order valence-electron chi connectivity index (χ0n) is 14.4. The van der Waals surface area contributed by atoms with Crippen LogP contribution in [0, 0.1) is 0 Å². The van der Waals surface area contributed by atoms with Crippen molar-refractivity contribution in [1.29, 1.82) is 0 Å². The smallest absolute Gasteiger partial charge is 0.356 e. The summed E-state index contributed by atoms with van der Waals surface area (Å²) in [5.41, 5.74) is 0.554. The molecule has 1 saturated heterocycles. The Morgan fingerprint density at radius 2 is 1.68 bits per heavy atom. The van der Waals surface area contributed by atoms with Crippen LogP contribution in [-0.2, 0) is 19.0 Å². The monoisotopic (exact) mass is 348 g/mol. The number of aromatic nitrogens is 1. The van der Waals surface area contributed by atoms with Gasteiger partial charge in [0.2, 0.25) is 0 Å². The first-order valence-corrected chi connectivity index (χ1v) is 7.70. The number of methoxy groups -OCH3 is 3. The second-order valence-electron chi connectivity index (χ2n) is 5.39. The van der Waals surface area contributed by atoms with Crippen LogP contribution in [0.1, 0.15) is 39.4 Å². The van der Waals surface area contributed by atoms with Gasteiger partial charge in [0.15, 0.2) is 0 Å². The summed E-state index contributed by atoms with van der Waals surface area (Å²) >= 11 is 0. The van der Waals surface area contributed by atoms with Gasteiger partial charge in [-0.15, -0.1) is 0 Å². The minimum absolute atomic E-state index is 0.00371. The largest absolute Gasteiger partial charge is 0.467 e. The van der Waals surface area contributed by atoms with E-state index in [2.05, 4.69) is 14.5 Å². The Morgan fingerprint density at radius 1 is 1.08 bits per heavy atom. The number of rotatable bonds is 5. The fraction of sp³-hybridized carbons (Fsp3) is 0.412. The highest BCUT2D eigenvalue weighted by atomic mass is 16.5. The third-order valence-electron chi connectivity index (χ3n) is 3.86. The molecule has 1 atom stereocenters. The molecule has 0 amide bonds. The maximum atomic E-state index is 11.8. The Bertz CT molecular complexity index is 666. The first-order chi connectivity index (χ1) is 12.0. The number of ether oxygens (including phenoxy) is 3. The summed E-state index contributed by atoms with van der Waals surface area (Å²) in [5.74, 6) is -1.61. The van der Waals surface area contributed by atoms with E-state index in [-0.39, 0.29) is 23.4 Å². The number of esters is 3. The van der Waals surface area contributed by atoms with Gasteiger partial charge in [0, 0.05) is 12.7 Å². The molecule has 1 fully saturated rings. The van der Waals surface area contributed by atoms with Crippen molar-refractivity contribution in [3.05, 3.63) is 35.3 Å². The summed E-state index contributed by atoms with van der Waals surface area (Å²) < 4.78 is 14.1. The van der Waals surface area contributed by atoms with Crippen LogP contribution in [0.4, 0.5) is 0 Å². The Balaban J connectivity index is 2.29. The lowest BCUT2D eigenvalue weighted by atomic mass is 10.1. The van der Waals surface area contributed by atoms with Crippen molar-refractivity contribution in [2.75, 3.05) is 27.9 Å². The molecule has 2 rings (SSSR count). The Hall–Kier alpha value is -2.90. The fourth-order valence-corrected chi connectivity index (χ4v) is 2.60. The van der Waals surface area contributed by atoms with Crippen molar-refractivity contribution in [2.24, 2.45) is 0 Å². The van der Waals surface area contributed by atoms with Crippen molar-refractivity contribution in [3.63, 3.8) is 0 Å². The zero-order chi connectivity index (χ0) is 18.4. The fourth-order valence-electron chi connectivity index (χ4n) is 2.60. The lowest BCUT2D eigenvalue weighted by molar-refractivity contribution is -0.144. The minimum Gasteiger partial charge on any atom is -0.467 e. The quantitative estimate of drug-likeness (QED) is 0.580. The molecule has 0 saturated carbocycles. The van der Waals surface area contributed by atoms with Gasteiger partial charge in [-0.05, 0) is 36.6 Å². The number of hydrogen-bond acceptors (Lipinski definition) is 8. The normalized spacial score (nSPS) is 16.8. The average Bonchev–Trinajstić information content (AvgIpc) is 3.12. The van der Waals surface area contributed by atoms with Gasteiger partial charge >= 0.3 is 17.9 Å². The average molecular weight is 348 g/mol. The molecule has 1 unspecified atom stereocenters. The van der Waals surface area contributed by atoms with Crippen LogP contribution >= 0.6 is 0 Å². The molecule has 0 radical (unpaired) electrons. The molecule has 1 aliphatic heterocycles. The van der Waals surface area contributed by atoms with E-state index >= 15 is 0 Å². The van der Waals surface area contributed by atoms with E-state index < -0.39 is 11.9 Å². The number of carbonyl (C=O) groups is 3. The topological polar surface area (TPSA) is 95.0 Å². The molecule has 134 valence electrons. The lowest BCUT2D eigenvalue weighted by Gasteiger charge is -2.20. The molecule has 0 aliphatic carbocycles. The predicted molar refractivity (Wildman–Crippen MR) is 87.7 cm³/mol. The summed E-state index contributed by atoms with van der Waals surface area (Å²) in [4.78, 5) is 41.0. The zero-order valence-corrected chi connectivity index (χ0v) is 14.4. The van der Waals surface area contributed by atoms with Crippen LogP contribution in [0.3, 0.4) is 0 Å². The van der Waals surface area contributed by atoms with Crippen LogP contribution < -0.4 is 0 Å². The third-order valence-corrected chi connectivity index (χ3v) is 3.86. The number of likely N-dealkylation sites (tertiary alicyclic amines) is 1. The summed E-state index contributed by atoms with van der Waals surface area (Å²) in [7, 11) is 3.82. The van der Waals surface area contributed by atoms with Crippen molar-refractivity contribution in [1.82, 2.24) is 9.88 Å². The van der Waals surface area contributed by atoms with Gasteiger partial charge in [-0.3, -0.25) is 0 Å². The molecule has 0 spiro atoms. The number of nitrogens with zero attached hydrogens (tertiary/aromatic N) is 2. The van der Waals surface area contributed by atoms with Gasteiger partial charge in [-0.2, -0.15) is 0 Å². The summed E-state index contributed by atoms with van der Waals surface area (Å²) in [6.07, 6.45) is 5.03. The van der Waals surface area contributed by atoms with Crippen LogP contribution in [0.25, 0.3) is 6.08 Å². The molecular formula is C17H20N2O6. The predicted octanol–water partition coefficient (Wildman–Crippen LogP) is 1.26. The molecule has 8 heteroatoms. The molecule has 0 aromatic carbocycles. The summed E-state index contributed by atoms with van der Waals surface area (Å²) in [6.45, 7) is 0.717. The molecule has 2 heterocycles. The van der Waals surface area contributed by atoms with Gasteiger partial charge in [0.1, 0.15) is 17.4 Å². The van der Waals surface area contributed by atoms with E-state index in [1.165, 1.54) is 33.5 Å². The second-order valence-corrected chi connectivity index (χ2v) is 5.39. The summed E-state index contributed by atoms with van der Waals surface area (Å²) in [5, 5.41) is 0. The third kappa shape index (κ3) is 4.34. The van der Waals surface area contributed by atoms with Gasteiger partial charge in [-0.25, -0.2) is 19.4 Å². The first kappa shape index (κ1) is 18.4. The van der Waals surface area contributed by atoms with Crippen molar-refractivity contribution in [3.8, 4) is 0 Å². The van der Waals surface area contributed by atoms with Crippen LogP contribution in [0.2, 0.25) is 0 Å². The molecule has 1 aliphatic rings. The van der Waals surface area contributed by atoms with Crippen molar-refractivity contribution in [2.45, 2.75) is 18.9 Å². The van der Waals surface area contributed by atoms with E-state index in [9.17, 15) is 14.4 Å². The van der Waals surface area contributed by atoms with Crippen LogP contribution in [-0.4, -0.2) is 61.7 Å². The number of carbonyl (C=O) groups excluding carboxylic acids is 3. The van der Waals surface area contributed by atoms with Crippen molar-refractivity contribution < 1.29 is 28.6 Å². The van der Waals surface area contributed by atoms with Gasteiger partial charge in [0.05, 0.1) is 21.3 Å². The second kappa shape index (κ2) is 8.27. The van der Waals surface area contributed by atoms with E-state index in [0.717, 1.165) is 13.0 Å². The molecule has 1 aromatic heterocycles. The van der Waals surface area contributed by atoms with Crippen molar-refractivity contribution >= 4 is 24.0 Å². The first-order valence-electron chi connectivity index (χ1n) is 7.70. The molecule has 25 heavy (non-hydrogen) atoms.